The van der Waals surface area contributed by atoms with Gasteiger partial charge in [-0.3, -0.25) is 9.59 Å². The summed E-state index contributed by atoms with van der Waals surface area (Å²) in [6.07, 6.45) is 8.17. The van der Waals surface area contributed by atoms with Crippen molar-refractivity contribution in [1.82, 2.24) is 0 Å². The number of carbonyl (C=O) groups excluding carboxylic acids is 1. The number of carboxylic acid groups (broad SMARTS) is 1. The SMILES string of the molecule is CCCCCCC(CC)OC(=O)CCCCC(=O)O. The summed E-state index contributed by atoms with van der Waals surface area (Å²) < 4.78 is 5.40. The molecule has 0 aromatic heterocycles. The van der Waals surface area contributed by atoms with Crippen molar-refractivity contribution >= 4 is 11.9 Å². The van der Waals surface area contributed by atoms with E-state index in [1.165, 1.54) is 19.3 Å². The van der Waals surface area contributed by atoms with Crippen LogP contribution in [0.5, 0.6) is 0 Å². The van der Waals surface area contributed by atoms with Crippen LogP contribution >= 0.6 is 0 Å². The molecule has 1 N–H and O–H groups in total. The summed E-state index contributed by atoms with van der Waals surface area (Å²) in [4.78, 5) is 21.9. The van der Waals surface area contributed by atoms with Crippen molar-refractivity contribution in [2.24, 2.45) is 0 Å². The summed E-state index contributed by atoms with van der Waals surface area (Å²) in [5, 5.41) is 8.49. The van der Waals surface area contributed by atoms with E-state index in [9.17, 15) is 9.59 Å². The van der Waals surface area contributed by atoms with E-state index in [1.54, 1.807) is 0 Å². The Morgan fingerprint density at radius 3 is 2.26 bits per heavy atom. The minimum Gasteiger partial charge on any atom is -0.481 e. The number of esters is 1. The normalized spacial score (nSPS) is 12.1. The first-order valence-corrected chi connectivity index (χ1v) is 7.51. The van der Waals surface area contributed by atoms with Gasteiger partial charge in [0, 0.05) is 12.8 Å². The van der Waals surface area contributed by atoms with Crippen molar-refractivity contribution in [3.8, 4) is 0 Å². The van der Waals surface area contributed by atoms with Gasteiger partial charge in [-0.25, -0.2) is 0 Å². The summed E-state index contributed by atoms with van der Waals surface area (Å²) in [5.74, 6) is -0.997. The molecule has 0 heterocycles. The number of unbranched alkanes of at least 4 members (excludes halogenated alkanes) is 4. The standard InChI is InChI=1S/C15H28O4/c1-3-5-6-7-10-13(4-2)19-15(18)12-9-8-11-14(16)17/h13H,3-12H2,1-2H3,(H,16,17). The molecule has 0 fully saturated rings. The van der Waals surface area contributed by atoms with Crippen molar-refractivity contribution in [2.45, 2.75) is 84.2 Å². The van der Waals surface area contributed by atoms with E-state index in [2.05, 4.69) is 6.92 Å². The van der Waals surface area contributed by atoms with E-state index in [0.29, 0.717) is 19.3 Å². The molecule has 4 heteroatoms. The second kappa shape index (κ2) is 12.0. The first-order chi connectivity index (χ1) is 9.10. The lowest BCUT2D eigenvalue weighted by atomic mass is 10.1. The molecule has 19 heavy (non-hydrogen) atoms. The average Bonchev–Trinajstić information content (AvgIpc) is 2.38. The van der Waals surface area contributed by atoms with Gasteiger partial charge in [-0.2, -0.15) is 0 Å². The zero-order chi connectivity index (χ0) is 14.5. The fourth-order valence-corrected chi connectivity index (χ4v) is 1.94. The Kier molecular flexibility index (Phi) is 11.3. The van der Waals surface area contributed by atoms with Crippen molar-refractivity contribution in [3.63, 3.8) is 0 Å². The van der Waals surface area contributed by atoms with E-state index in [-0.39, 0.29) is 18.5 Å². The number of rotatable bonds is 12. The molecular formula is C15H28O4. The van der Waals surface area contributed by atoms with E-state index in [1.807, 2.05) is 6.92 Å². The van der Waals surface area contributed by atoms with Gasteiger partial charge >= 0.3 is 11.9 Å². The van der Waals surface area contributed by atoms with Crippen LogP contribution in [0, 0.1) is 0 Å². The highest BCUT2D eigenvalue weighted by molar-refractivity contribution is 5.70. The number of hydrogen-bond donors (Lipinski definition) is 1. The van der Waals surface area contributed by atoms with Gasteiger partial charge in [-0.05, 0) is 32.1 Å². The van der Waals surface area contributed by atoms with Crippen LogP contribution in [0.25, 0.3) is 0 Å². The van der Waals surface area contributed by atoms with Crippen molar-refractivity contribution in [1.29, 1.82) is 0 Å². The molecule has 0 aromatic carbocycles. The third-order valence-corrected chi connectivity index (χ3v) is 3.15. The average molecular weight is 272 g/mol. The predicted octanol–water partition coefficient (Wildman–Crippen LogP) is 3.92. The highest BCUT2D eigenvalue weighted by Gasteiger charge is 2.12. The zero-order valence-corrected chi connectivity index (χ0v) is 12.3. The first-order valence-electron chi connectivity index (χ1n) is 7.51. The van der Waals surface area contributed by atoms with E-state index in [0.717, 1.165) is 19.3 Å². The van der Waals surface area contributed by atoms with Gasteiger partial charge in [0.05, 0.1) is 0 Å². The smallest absolute Gasteiger partial charge is 0.306 e. The van der Waals surface area contributed by atoms with Gasteiger partial charge in [0.2, 0.25) is 0 Å². The van der Waals surface area contributed by atoms with E-state index in [4.69, 9.17) is 9.84 Å². The molecule has 1 unspecified atom stereocenters. The van der Waals surface area contributed by atoms with Crippen molar-refractivity contribution in [3.05, 3.63) is 0 Å². The van der Waals surface area contributed by atoms with Crippen LogP contribution in [-0.2, 0) is 14.3 Å². The summed E-state index contributed by atoms with van der Waals surface area (Å²) in [5.41, 5.74) is 0. The van der Waals surface area contributed by atoms with Gasteiger partial charge in [-0.15, -0.1) is 0 Å². The Labute approximate surface area is 116 Å². The predicted molar refractivity (Wildman–Crippen MR) is 75.0 cm³/mol. The first kappa shape index (κ1) is 17.9. The number of carboxylic acids is 1. The van der Waals surface area contributed by atoms with Gasteiger partial charge in [0.25, 0.3) is 0 Å². The lowest BCUT2D eigenvalue weighted by Gasteiger charge is -2.16. The molecule has 0 spiro atoms. The van der Waals surface area contributed by atoms with Crippen LogP contribution in [0.2, 0.25) is 0 Å². The van der Waals surface area contributed by atoms with Crippen LogP contribution in [0.3, 0.4) is 0 Å². The summed E-state index contributed by atoms with van der Waals surface area (Å²) in [6.45, 7) is 4.21. The topological polar surface area (TPSA) is 63.6 Å². The quantitative estimate of drug-likeness (QED) is 0.432. The third kappa shape index (κ3) is 11.7. The van der Waals surface area contributed by atoms with Crippen molar-refractivity contribution < 1.29 is 19.4 Å². The molecule has 0 radical (unpaired) electrons. The molecule has 0 saturated heterocycles. The summed E-state index contributed by atoms with van der Waals surface area (Å²) >= 11 is 0. The maximum absolute atomic E-state index is 11.6. The Morgan fingerprint density at radius 2 is 1.68 bits per heavy atom. The summed E-state index contributed by atoms with van der Waals surface area (Å²) in [7, 11) is 0. The maximum Gasteiger partial charge on any atom is 0.306 e. The Hall–Kier alpha value is -1.06. The molecule has 0 saturated carbocycles. The Balaban J connectivity index is 3.65. The second-order valence-electron chi connectivity index (χ2n) is 4.97. The number of ether oxygens (including phenoxy) is 1. The van der Waals surface area contributed by atoms with Gasteiger partial charge < -0.3 is 9.84 Å². The highest BCUT2D eigenvalue weighted by Crippen LogP contribution is 2.12. The van der Waals surface area contributed by atoms with Crippen LogP contribution in [-0.4, -0.2) is 23.1 Å². The van der Waals surface area contributed by atoms with Crippen LogP contribution in [0.4, 0.5) is 0 Å². The number of hydrogen-bond acceptors (Lipinski definition) is 3. The molecule has 0 aliphatic carbocycles. The molecule has 0 aliphatic rings. The molecule has 0 rings (SSSR count). The zero-order valence-electron chi connectivity index (χ0n) is 12.3. The van der Waals surface area contributed by atoms with E-state index < -0.39 is 5.97 Å². The number of carbonyl (C=O) groups is 2. The minimum absolute atomic E-state index is 0.0313. The molecule has 0 amide bonds. The molecule has 4 nitrogen and oxygen atoms in total. The van der Waals surface area contributed by atoms with Gasteiger partial charge in [-0.1, -0.05) is 33.1 Å². The maximum atomic E-state index is 11.6. The van der Waals surface area contributed by atoms with E-state index >= 15 is 0 Å². The third-order valence-electron chi connectivity index (χ3n) is 3.15. The summed E-state index contributed by atoms with van der Waals surface area (Å²) in [6, 6.07) is 0. The monoisotopic (exact) mass is 272 g/mol. The number of aliphatic carboxylic acids is 1. The molecule has 1 atom stereocenters. The van der Waals surface area contributed by atoms with Gasteiger partial charge in [0.1, 0.15) is 6.10 Å². The van der Waals surface area contributed by atoms with Crippen LogP contribution < -0.4 is 0 Å². The fourth-order valence-electron chi connectivity index (χ4n) is 1.94. The lowest BCUT2D eigenvalue weighted by molar-refractivity contribution is -0.150. The Bertz CT molecular complexity index is 251. The second-order valence-corrected chi connectivity index (χ2v) is 4.97. The molecule has 0 bridgehead atoms. The van der Waals surface area contributed by atoms with Gasteiger partial charge in [0.15, 0.2) is 0 Å². The minimum atomic E-state index is -0.810. The molecule has 0 aliphatic heterocycles. The van der Waals surface area contributed by atoms with Crippen molar-refractivity contribution in [2.75, 3.05) is 0 Å². The molecule has 0 aromatic rings. The van der Waals surface area contributed by atoms with Crippen LogP contribution in [0.15, 0.2) is 0 Å². The fraction of sp³-hybridized carbons (Fsp3) is 0.867. The largest absolute Gasteiger partial charge is 0.481 e. The van der Waals surface area contributed by atoms with Crippen LogP contribution in [0.1, 0.15) is 78.1 Å². The molecular weight excluding hydrogens is 244 g/mol. The lowest BCUT2D eigenvalue weighted by Crippen LogP contribution is -2.17. The molecule has 112 valence electrons. The highest BCUT2D eigenvalue weighted by atomic mass is 16.5. The Morgan fingerprint density at radius 1 is 1.00 bits per heavy atom.